The molecule has 1 fully saturated rings. The zero-order valence-corrected chi connectivity index (χ0v) is 14.1. The summed E-state index contributed by atoms with van der Waals surface area (Å²) in [5, 5.41) is 1.95. The number of benzene rings is 1. The number of thiazole rings is 1. The van der Waals surface area contributed by atoms with E-state index in [4.69, 9.17) is 20.9 Å². The van der Waals surface area contributed by atoms with Gasteiger partial charge in [0.15, 0.2) is 4.47 Å². The van der Waals surface area contributed by atoms with Gasteiger partial charge < -0.3 is 9.31 Å². The molecule has 2 aromatic rings. The zero-order chi connectivity index (χ0) is 15.3. The van der Waals surface area contributed by atoms with Gasteiger partial charge in [0.2, 0.25) is 0 Å². The van der Waals surface area contributed by atoms with Crippen LogP contribution in [-0.2, 0) is 9.31 Å². The van der Waals surface area contributed by atoms with Gasteiger partial charge in [0, 0.05) is 10.9 Å². The van der Waals surface area contributed by atoms with Gasteiger partial charge in [-0.15, -0.1) is 11.3 Å². The molecule has 1 aliphatic rings. The predicted molar refractivity (Wildman–Crippen MR) is 88.3 cm³/mol. The second-order valence-electron chi connectivity index (χ2n) is 6.20. The predicted octanol–water partition coefficient (Wildman–Crippen LogP) is 3.76. The van der Waals surface area contributed by atoms with Gasteiger partial charge in [-0.1, -0.05) is 35.9 Å². The maximum absolute atomic E-state index is 6.04. The average Bonchev–Trinajstić information content (AvgIpc) is 2.92. The molecule has 1 aromatic heterocycles. The lowest BCUT2D eigenvalue weighted by Crippen LogP contribution is -2.41. The van der Waals surface area contributed by atoms with Crippen molar-refractivity contribution in [3.05, 3.63) is 34.1 Å². The molecule has 2 heterocycles. The van der Waals surface area contributed by atoms with Crippen molar-refractivity contribution in [1.29, 1.82) is 0 Å². The van der Waals surface area contributed by atoms with Gasteiger partial charge in [-0.3, -0.25) is 0 Å². The number of halogens is 1. The van der Waals surface area contributed by atoms with E-state index in [1.54, 1.807) is 0 Å². The lowest BCUT2D eigenvalue weighted by molar-refractivity contribution is 0.00578. The first-order valence-corrected chi connectivity index (χ1v) is 8.11. The normalized spacial score (nSPS) is 20.0. The van der Waals surface area contributed by atoms with Crippen LogP contribution in [0.1, 0.15) is 27.7 Å². The summed E-state index contributed by atoms with van der Waals surface area (Å²) in [5.74, 6) is 0. The molecule has 1 aliphatic heterocycles. The van der Waals surface area contributed by atoms with Gasteiger partial charge in [-0.25, -0.2) is 4.98 Å². The van der Waals surface area contributed by atoms with Crippen molar-refractivity contribution in [3.63, 3.8) is 0 Å². The summed E-state index contributed by atoms with van der Waals surface area (Å²) in [7, 11) is -0.330. The van der Waals surface area contributed by atoms with Gasteiger partial charge in [0.05, 0.1) is 16.9 Å². The minimum Gasteiger partial charge on any atom is -0.399 e. The maximum Gasteiger partial charge on any atom is 0.494 e. The molecule has 0 amide bonds. The van der Waals surface area contributed by atoms with Crippen LogP contribution in [0.2, 0.25) is 4.47 Å². The first-order valence-electron chi connectivity index (χ1n) is 6.85. The highest BCUT2D eigenvalue weighted by molar-refractivity contribution is 7.14. The van der Waals surface area contributed by atoms with Crippen LogP contribution in [0.25, 0.3) is 11.3 Å². The van der Waals surface area contributed by atoms with E-state index in [-0.39, 0.29) is 18.3 Å². The largest absolute Gasteiger partial charge is 0.494 e. The summed E-state index contributed by atoms with van der Waals surface area (Å²) < 4.78 is 12.6. The SMILES string of the molecule is CC1(C)OB(c2ccc(-c3csc(Cl)n3)cc2)OC1(C)C. The molecular formula is C15H17BClNO2S. The third kappa shape index (κ3) is 2.75. The van der Waals surface area contributed by atoms with Crippen LogP contribution >= 0.6 is 22.9 Å². The number of aromatic nitrogens is 1. The Labute approximate surface area is 134 Å². The van der Waals surface area contributed by atoms with Crippen LogP contribution in [-0.4, -0.2) is 23.3 Å². The van der Waals surface area contributed by atoms with Gasteiger partial charge >= 0.3 is 7.12 Å². The molecule has 21 heavy (non-hydrogen) atoms. The van der Waals surface area contributed by atoms with Crippen LogP contribution in [0, 0.1) is 0 Å². The number of rotatable bonds is 2. The minimum absolute atomic E-state index is 0.321. The highest BCUT2D eigenvalue weighted by atomic mass is 35.5. The number of hydrogen-bond donors (Lipinski definition) is 0. The average molecular weight is 322 g/mol. The maximum atomic E-state index is 6.04. The van der Waals surface area contributed by atoms with E-state index in [2.05, 4.69) is 32.7 Å². The third-order valence-corrected chi connectivity index (χ3v) is 5.19. The van der Waals surface area contributed by atoms with Crippen LogP contribution < -0.4 is 5.46 Å². The molecule has 1 saturated heterocycles. The Morgan fingerprint density at radius 3 is 2.10 bits per heavy atom. The summed E-state index contributed by atoms with van der Waals surface area (Å²) in [6.45, 7) is 8.22. The Kier molecular flexibility index (Phi) is 3.65. The van der Waals surface area contributed by atoms with Gasteiger partial charge in [-0.2, -0.15) is 0 Å². The smallest absolute Gasteiger partial charge is 0.399 e. The molecule has 0 atom stereocenters. The third-order valence-electron chi connectivity index (χ3n) is 4.21. The topological polar surface area (TPSA) is 31.4 Å². The Hall–Kier alpha value is -0.875. The van der Waals surface area contributed by atoms with Gasteiger partial charge in [0.25, 0.3) is 0 Å². The summed E-state index contributed by atoms with van der Waals surface area (Å²) in [6.07, 6.45) is 0. The quantitative estimate of drug-likeness (QED) is 0.789. The molecular weight excluding hydrogens is 305 g/mol. The highest BCUT2D eigenvalue weighted by Crippen LogP contribution is 2.36. The Morgan fingerprint density at radius 1 is 1.05 bits per heavy atom. The minimum atomic E-state index is -0.330. The van der Waals surface area contributed by atoms with Gasteiger partial charge in [0.1, 0.15) is 0 Å². The standard InChI is InChI=1S/C15H17BClNO2S/c1-14(2)15(3,4)20-16(19-14)11-7-5-10(6-8-11)12-9-21-13(17)18-12/h5-9H,1-4H3. The lowest BCUT2D eigenvalue weighted by atomic mass is 9.79. The fourth-order valence-corrected chi connectivity index (χ4v) is 2.95. The number of hydrogen-bond acceptors (Lipinski definition) is 4. The number of nitrogens with zero attached hydrogens (tertiary/aromatic N) is 1. The molecule has 0 aliphatic carbocycles. The van der Waals surface area contributed by atoms with Crippen molar-refractivity contribution in [2.75, 3.05) is 0 Å². The van der Waals surface area contributed by atoms with Gasteiger partial charge in [-0.05, 0) is 33.2 Å². The fourth-order valence-electron chi connectivity index (χ4n) is 2.17. The molecule has 3 rings (SSSR count). The van der Waals surface area contributed by atoms with Crippen LogP contribution in [0.15, 0.2) is 29.6 Å². The van der Waals surface area contributed by atoms with E-state index in [9.17, 15) is 0 Å². The molecule has 110 valence electrons. The lowest BCUT2D eigenvalue weighted by Gasteiger charge is -2.32. The van der Waals surface area contributed by atoms with E-state index in [0.29, 0.717) is 4.47 Å². The molecule has 1 aromatic carbocycles. The molecule has 0 radical (unpaired) electrons. The van der Waals surface area contributed by atoms with Crippen molar-refractivity contribution in [2.45, 2.75) is 38.9 Å². The van der Waals surface area contributed by atoms with E-state index in [1.807, 2.05) is 29.6 Å². The zero-order valence-electron chi connectivity index (χ0n) is 12.5. The Bertz CT molecular complexity index is 638. The second-order valence-corrected chi connectivity index (χ2v) is 7.64. The van der Waals surface area contributed by atoms with Crippen molar-refractivity contribution in [2.24, 2.45) is 0 Å². The molecule has 0 bridgehead atoms. The Morgan fingerprint density at radius 2 is 1.62 bits per heavy atom. The van der Waals surface area contributed by atoms with Crippen molar-refractivity contribution in [3.8, 4) is 11.3 Å². The summed E-state index contributed by atoms with van der Waals surface area (Å²) >= 11 is 7.31. The summed E-state index contributed by atoms with van der Waals surface area (Å²) in [5.41, 5.74) is 2.31. The molecule has 6 heteroatoms. The molecule has 0 spiro atoms. The van der Waals surface area contributed by atoms with Crippen molar-refractivity contribution >= 4 is 35.5 Å². The van der Waals surface area contributed by atoms with Crippen LogP contribution in [0.4, 0.5) is 0 Å². The first-order chi connectivity index (χ1) is 9.78. The highest BCUT2D eigenvalue weighted by Gasteiger charge is 2.51. The monoisotopic (exact) mass is 321 g/mol. The first kappa shape index (κ1) is 15.0. The molecule has 0 saturated carbocycles. The van der Waals surface area contributed by atoms with E-state index in [0.717, 1.165) is 16.7 Å². The van der Waals surface area contributed by atoms with E-state index >= 15 is 0 Å². The van der Waals surface area contributed by atoms with E-state index < -0.39 is 0 Å². The molecule has 0 unspecified atom stereocenters. The van der Waals surface area contributed by atoms with Crippen LogP contribution in [0.5, 0.6) is 0 Å². The van der Waals surface area contributed by atoms with Crippen molar-refractivity contribution < 1.29 is 9.31 Å². The van der Waals surface area contributed by atoms with Crippen molar-refractivity contribution in [1.82, 2.24) is 4.98 Å². The van der Waals surface area contributed by atoms with E-state index in [1.165, 1.54) is 11.3 Å². The summed E-state index contributed by atoms with van der Waals surface area (Å²) in [4.78, 5) is 4.28. The molecule has 3 nitrogen and oxygen atoms in total. The Balaban J connectivity index is 1.83. The fraction of sp³-hybridized carbons (Fsp3) is 0.400. The van der Waals surface area contributed by atoms with Crippen LogP contribution in [0.3, 0.4) is 0 Å². The summed E-state index contributed by atoms with van der Waals surface area (Å²) in [6, 6.07) is 8.08. The molecule has 0 N–H and O–H groups in total. The second kappa shape index (κ2) is 5.09.